The Bertz CT molecular complexity index is 750. The molecule has 1 saturated carbocycles. The third-order valence-corrected chi connectivity index (χ3v) is 6.38. The summed E-state index contributed by atoms with van der Waals surface area (Å²) in [6.45, 7) is 3.80. The first-order valence-electron chi connectivity index (χ1n) is 8.61. The Morgan fingerprint density at radius 3 is 2.42 bits per heavy atom. The van der Waals surface area contributed by atoms with Crippen molar-refractivity contribution in [2.45, 2.75) is 45.1 Å². The van der Waals surface area contributed by atoms with Crippen LogP contribution in [0.5, 0.6) is 0 Å². The number of hydrogen-bond acceptors (Lipinski definition) is 3. The number of halogens is 2. The first-order valence-corrected chi connectivity index (χ1v) is 10.2. The van der Waals surface area contributed by atoms with Gasteiger partial charge in [-0.15, -0.1) is 0 Å². The lowest BCUT2D eigenvalue weighted by Gasteiger charge is -2.33. The Morgan fingerprint density at radius 1 is 1.27 bits per heavy atom. The standard InChI is InChI=1S/C18H21Br2N3O3/c1-10-3-5-18(6-4-10)16(25)23(17(26)22-18)9-14(24)21-15-12(19)7-11(2)8-13(15)20/h7-8,10H,3-6,9H2,1-2H3,(H,21,24)(H,22,26). The van der Waals surface area contributed by atoms with Crippen LogP contribution >= 0.6 is 31.9 Å². The molecule has 0 bridgehead atoms. The minimum atomic E-state index is -0.825. The summed E-state index contributed by atoms with van der Waals surface area (Å²) in [6, 6.07) is 3.28. The van der Waals surface area contributed by atoms with Crippen LogP contribution in [0.1, 0.15) is 38.2 Å². The molecule has 0 atom stereocenters. The minimum Gasteiger partial charge on any atom is -0.323 e. The molecule has 1 spiro atoms. The van der Waals surface area contributed by atoms with Gasteiger partial charge in [-0.05, 0) is 88.1 Å². The normalized spacial score (nSPS) is 25.5. The monoisotopic (exact) mass is 485 g/mol. The van der Waals surface area contributed by atoms with E-state index in [-0.39, 0.29) is 12.5 Å². The number of carbonyl (C=O) groups is 3. The van der Waals surface area contributed by atoms with Crippen LogP contribution in [-0.2, 0) is 9.59 Å². The second kappa shape index (κ2) is 7.31. The predicted molar refractivity (Wildman–Crippen MR) is 106 cm³/mol. The molecule has 0 radical (unpaired) electrons. The van der Waals surface area contributed by atoms with Gasteiger partial charge in [0, 0.05) is 8.95 Å². The number of rotatable bonds is 3. The van der Waals surface area contributed by atoms with Crippen molar-refractivity contribution in [2.75, 3.05) is 11.9 Å². The molecule has 1 aromatic carbocycles. The van der Waals surface area contributed by atoms with Crippen molar-refractivity contribution in [3.63, 3.8) is 0 Å². The zero-order chi connectivity index (χ0) is 19.1. The summed E-state index contributed by atoms with van der Waals surface area (Å²) in [5.74, 6) is -0.148. The Labute approximate surface area is 169 Å². The van der Waals surface area contributed by atoms with E-state index in [4.69, 9.17) is 0 Å². The Morgan fingerprint density at radius 2 is 1.85 bits per heavy atom. The summed E-state index contributed by atoms with van der Waals surface area (Å²) < 4.78 is 1.46. The summed E-state index contributed by atoms with van der Waals surface area (Å²) in [7, 11) is 0. The smallest absolute Gasteiger partial charge is 0.323 e. The lowest BCUT2D eigenvalue weighted by molar-refractivity contribution is -0.135. The van der Waals surface area contributed by atoms with E-state index in [9.17, 15) is 14.4 Å². The number of hydrogen-bond donors (Lipinski definition) is 2. The van der Waals surface area contributed by atoms with Gasteiger partial charge in [0.15, 0.2) is 0 Å². The van der Waals surface area contributed by atoms with Crippen LogP contribution < -0.4 is 10.6 Å². The molecule has 1 saturated heterocycles. The fraction of sp³-hybridized carbons (Fsp3) is 0.500. The summed E-state index contributed by atoms with van der Waals surface area (Å²) >= 11 is 6.84. The highest BCUT2D eigenvalue weighted by atomic mass is 79.9. The largest absolute Gasteiger partial charge is 0.325 e. The molecule has 3 rings (SSSR count). The molecular formula is C18H21Br2N3O3. The van der Waals surface area contributed by atoms with E-state index in [1.165, 1.54) is 0 Å². The summed E-state index contributed by atoms with van der Waals surface area (Å²) in [5, 5.41) is 5.59. The highest BCUT2D eigenvalue weighted by molar-refractivity contribution is 9.11. The average molecular weight is 487 g/mol. The lowest BCUT2D eigenvalue weighted by Crippen LogP contribution is -2.49. The van der Waals surface area contributed by atoms with Crippen LogP contribution in [0.4, 0.5) is 10.5 Å². The van der Waals surface area contributed by atoms with Crippen molar-refractivity contribution >= 4 is 55.4 Å². The molecule has 1 aromatic rings. The maximum atomic E-state index is 12.8. The third-order valence-electron chi connectivity index (χ3n) is 5.13. The van der Waals surface area contributed by atoms with Gasteiger partial charge < -0.3 is 10.6 Å². The number of carbonyl (C=O) groups excluding carboxylic acids is 3. The Hall–Kier alpha value is -1.41. The molecule has 0 aromatic heterocycles. The van der Waals surface area contributed by atoms with Crippen LogP contribution in [0.3, 0.4) is 0 Å². The second-order valence-electron chi connectivity index (χ2n) is 7.24. The van der Waals surface area contributed by atoms with E-state index in [1.54, 1.807) is 0 Å². The quantitative estimate of drug-likeness (QED) is 0.634. The molecule has 4 amide bonds. The van der Waals surface area contributed by atoms with Crippen molar-refractivity contribution in [1.29, 1.82) is 0 Å². The molecule has 8 heteroatoms. The Balaban J connectivity index is 1.70. The number of benzene rings is 1. The molecule has 2 N–H and O–H groups in total. The van der Waals surface area contributed by atoms with Crippen molar-refractivity contribution in [2.24, 2.45) is 5.92 Å². The number of imide groups is 1. The maximum absolute atomic E-state index is 12.8. The van der Waals surface area contributed by atoms with E-state index < -0.39 is 17.5 Å². The van der Waals surface area contributed by atoms with Crippen LogP contribution in [0.15, 0.2) is 21.1 Å². The van der Waals surface area contributed by atoms with E-state index >= 15 is 0 Å². The highest BCUT2D eigenvalue weighted by Crippen LogP contribution is 2.36. The van der Waals surface area contributed by atoms with Crippen molar-refractivity contribution in [3.05, 3.63) is 26.6 Å². The topological polar surface area (TPSA) is 78.5 Å². The first-order chi connectivity index (χ1) is 12.2. The van der Waals surface area contributed by atoms with Gasteiger partial charge in [0.1, 0.15) is 12.1 Å². The molecular weight excluding hydrogens is 466 g/mol. The number of amides is 4. The Kier molecular flexibility index (Phi) is 5.44. The summed E-state index contributed by atoms with van der Waals surface area (Å²) in [6.07, 6.45) is 3.06. The van der Waals surface area contributed by atoms with Crippen molar-refractivity contribution in [1.82, 2.24) is 10.2 Å². The number of anilines is 1. The van der Waals surface area contributed by atoms with Gasteiger partial charge in [0.25, 0.3) is 5.91 Å². The van der Waals surface area contributed by atoms with E-state index in [2.05, 4.69) is 49.4 Å². The zero-order valence-corrected chi connectivity index (χ0v) is 17.9. The van der Waals surface area contributed by atoms with Gasteiger partial charge in [-0.1, -0.05) is 6.92 Å². The van der Waals surface area contributed by atoms with E-state index in [0.717, 1.165) is 32.3 Å². The fourth-order valence-corrected chi connectivity index (χ4v) is 5.17. The van der Waals surface area contributed by atoms with E-state index in [1.807, 2.05) is 19.1 Å². The molecule has 140 valence electrons. The second-order valence-corrected chi connectivity index (χ2v) is 8.95. The SMILES string of the molecule is Cc1cc(Br)c(NC(=O)CN2C(=O)NC3(CCC(C)CC3)C2=O)c(Br)c1. The molecule has 1 aliphatic heterocycles. The van der Waals surface area contributed by atoms with Crippen LogP contribution in [0, 0.1) is 12.8 Å². The van der Waals surface area contributed by atoms with Crippen LogP contribution in [-0.4, -0.2) is 34.8 Å². The molecule has 2 aliphatic rings. The van der Waals surface area contributed by atoms with Crippen molar-refractivity contribution in [3.8, 4) is 0 Å². The van der Waals surface area contributed by atoms with Crippen LogP contribution in [0.2, 0.25) is 0 Å². The lowest BCUT2D eigenvalue weighted by atomic mass is 9.77. The van der Waals surface area contributed by atoms with Crippen molar-refractivity contribution < 1.29 is 14.4 Å². The first kappa shape index (κ1) is 19.4. The molecule has 26 heavy (non-hydrogen) atoms. The predicted octanol–water partition coefficient (Wildman–Crippen LogP) is 3.96. The number of nitrogens with zero attached hydrogens (tertiary/aromatic N) is 1. The molecule has 1 aliphatic carbocycles. The van der Waals surface area contributed by atoms with Gasteiger partial charge in [0.2, 0.25) is 5.91 Å². The van der Waals surface area contributed by atoms with Gasteiger partial charge in [0.05, 0.1) is 5.69 Å². The highest BCUT2D eigenvalue weighted by Gasteiger charge is 2.52. The minimum absolute atomic E-state index is 0.286. The van der Waals surface area contributed by atoms with Crippen LogP contribution in [0.25, 0.3) is 0 Å². The fourth-order valence-electron chi connectivity index (χ4n) is 3.56. The summed E-state index contributed by atoms with van der Waals surface area (Å²) in [5.41, 5.74) is 0.785. The number of aryl methyl sites for hydroxylation is 1. The third kappa shape index (κ3) is 3.67. The van der Waals surface area contributed by atoms with Gasteiger partial charge in [-0.2, -0.15) is 0 Å². The zero-order valence-electron chi connectivity index (χ0n) is 14.7. The molecule has 2 fully saturated rings. The maximum Gasteiger partial charge on any atom is 0.325 e. The molecule has 6 nitrogen and oxygen atoms in total. The number of urea groups is 1. The molecule has 1 heterocycles. The summed E-state index contributed by atoms with van der Waals surface area (Å²) in [4.78, 5) is 38.6. The van der Waals surface area contributed by atoms with Gasteiger partial charge >= 0.3 is 6.03 Å². The number of nitrogens with one attached hydrogen (secondary N) is 2. The average Bonchev–Trinajstić information content (AvgIpc) is 2.78. The van der Waals surface area contributed by atoms with Gasteiger partial charge in [-0.3, -0.25) is 14.5 Å². The van der Waals surface area contributed by atoms with Gasteiger partial charge in [-0.25, -0.2) is 4.79 Å². The van der Waals surface area contributed by atoms with E-state index in [0.29, 0.717) is 24.4 Å². The molecule has 0 unspecified atom stereocenters.